The highest BCUT2D eigenvalue weighted by Gasteiger charge is 2.26. The second-order valence-electron chi connectivity index (χ2n) is 7.51. The Labute approximate surface area is 194 Å². The molecular formula is C21H27N3O7S2. The summed E-state index contributed by atoms with van der Waals surface area (Å²) in [6, 6.07) is 8.10. The summed E-state index contributed by atoms with van der Waals surface area (Å²) in [5.74, 6) is 0.137. The average molecular weight is 498 g/mol. The Morgan fingerprint density at radius 1 is 1.06 bits per heavy atom. The van der Waals surface area contributed by atoms with E-state index in [1.165, 1.54) is 40.7 Å². The van der Waals surface area contributed by atoms with Gasteiger partial charge in [-0.2, -0.15) is 4.31 Å². The van der Waals surface area contributed by atoms with Crippen LogP contribution in [0.4, 0.5) is 11.4 Å². The Balaban J connectivity index is 2.03. The predicted octanol–water partition coefficient (Wildman–Crippen LogP) is 2.64. The molecule has 3 rings (SSSR count). The number of fused-ring (bicyclic) bond motifs is 1. The second kappa shape index (κ2) is 9.57. The van der Waals surface area contributed by atoms with Crippen molar-refractivity contribution in [3.8, 4) is 11.5 Å². The molecule has 1 aliphatic rings. The van der Waals surface area contributed by atoms with E-state index >= 15 is 0 Å². The largest absolute Gasteiger partial charge is 0.489 e. The van der Waals surface area contributed by atoms with Crippen molar-refractivity contribution >= 4 is 37.3 Å². The van der Waals surface area contributed by atoms with Crippen LogP contribution in [0.3, 0.4) is 0 Å². The second-order valence-corrected chi connectivity index (χ2v) is 11.1. The molecule has 0 atom stereocenters. The van der Waals surface area contributed by atoms with Crippen LogP contribution in [0, 0.1) is 0 Å². The van der Waals surface area contributed by atoms with Gasteiger partial charge in [-0.1, -0.05) is 13.8 Å². The van der Waals surface area contributed by atoms with Crippen molar-refractivity contribution in [1.29, 1.82) is 0 Å². The quantitative estimate of drug-likeness (QED) is 0.544. The zero-order valence-corrected chi connectivity index (χ0v) is 20.4. The van der Waals surface area contributed by atoms with Gasteiger partial charge >= 0.3 is 0 Å². The number of sulfonamides is 2. The van der Waals surface area contributed by atoms with E-state index in [2.05, 4.69) is 10.0 Å². The molecule has 0 bridgehead atoms. The van der Waals surface area contributed by atoms with Crippen LogP contribution >= 0.6 is 0 Å². The Morgan fingerprint density at radius 3 is 2.36 bits per heavy atom. The summed E-state index contributed by atoms with van der Waals surface area (Å²) in [5.41, 5.74) is 0.209. The standard InChI is InChI=1S/C21H27N3O7S2/c1-5-24(6-2)33(28,29)16-8-10-20(31-14(3)4)18(12-16)23-32(26,27)15-7-9-19-17(11-15)22-21(25)13-30-19/h7-12,14,23H,5-6,13H2,1-4H3,(H,22,25). The zero-order valence-electron chi connectivity index (χ0n) is 18.8. The Morgan fingerprint density at radius 2 is 1.73 bits per heavy atom. The van der Waals surface area contributed by atoms with Crippen molar-refractivity contribution < 1.29 is 31.1 Å². The van der Waals surface area contributed by atoms with Gasteiger partial charge in [-0.15, -0.1) is 0 Å². The summed E-state index contributed by atoms with van der Waals surface area (Å²) in [6.45, 7) is 7.37. The number of amides is 1. The van der Waals surface area contributed by atoms with E-state index in [0.29, 0.717) is 5.75 Å². The van der Waals surface area contributed by atoms with Crippen LogP contribution in [-0.4, -0.2) is 52.8 Å². The molecule has 0 saturated carbocycles. The lowest BCUT2D eigenvalue weighted by Gasteiger charge is -2.21. The number of nitrogens with one attached hydrogen (secondary N) is 2. The van der Waals surface area contributed by atoms with Crippen molar-refractivity contribution in [2.24, 2.45) is 0 Å². The molecule has 0 spiro atoms. The van der Waals surface area contributed by atoms with Crippen molar-refractivity contribution in [1.82, 2.24) is 4.31 Å². The number of carbonyl (C=O) groups excluding carboxylic acids is 1. The van der Waals surface area contributed by atoms with Gasteiger partial charge in [0.2, 0.25) is 10.0 Å². The van der Waals surface area contributed by atoms with Gasteiger partial charge in [0.15, 0.2) is 6.61 Å². The topological polar surface area (TPSA) is 131 Å². The number of nitrogens with zero attached hydrogens (tertiary/aromatic N) is 1. The first-order valence-corrected chi connectivity index (χ1v) is 13.3. The lowest BCUT2D eigenvalue weighted by molar-refractivity contribution is -0.118. The molecule has 33 heavy (non-hydrogen) atoms. The van der Waals surface area contributed by atoms with Crippen LogP contribution in [-0.2, 0) is 24.8 Å². The fraction of sp³-hybridized carbons (Fsp3) is 0.381. The minimum atomic E-state index is -4.16. The monoisotopic (exact) mass is 497 g/mol. The maximum absolute atomic E-state index is 13.1. The summed E-state index contributed by atoms with van der Waals surface area (Å²) < 4.78 is 66.9. The molecule has 0 aromatic heterocycles. The van der Waals surface area contributed by atoms with E-state index < -0.39 is 26.0 Å². The van der Waals surface area contributed by atoms with Gasteiger partial charge in [0.1, 0.15) is 11.5 Å². The Kier molecular flexibility index (Phi) is 7.20. The number of ether oxygens (including phenoxy) is 2. The number of benzene rings is 2. The molecule has 1 heterocycles. The molecule has 0 aliphatic carbocycles. The zero-order chi connectivity index (χ0) is 24.4. The number of anilines is 2. The highest BCUT2D eigenvalue weighted by molar-refractivity contribution is 7.92. The first-order chi connectivity index (χ1) is 15.5. The third-order valence-corrected chi connectivity index (χ3v) is 8.20. The Hall–Kier alpha value is -2.83. The first kappa shape index (κ1) is 24.8. The highest BCUT2D eigenvalue weighted by atomic mass is 32.2. The first-order valence-electron chi connectivity index (χ1n) is 10.4. The van der Waals surface area contributed by atoms with Gasteiger partial charge < -0.3 is 14.8 Å². The molecule has 0 unspecified atom stereocenters. The van der Waals surface area contributed by atoms with E-state index in [1.807, 2.05) is 0 Å². The van der Waals surface area contributed by atoms with E-state index in [1.54, 1.807) is 27.7 Å². The third-order valence-electron chi connectivity index (χ3n) is 4.80. The molecule has 12 heteroatoms. The lowest BCUT2D eigenvalue weighted by Crippen LogP contribution is -2.30. The van der Waals surface area contributed by atoms with E-state index in [4.69, 9.17) is 9.47 Å². The molecule has 1 amide bonds. The summed E-state index contributed by atoms with van der Waals surface area (Å²) in [7, 11) is -7.99. The molecule has 2 N–H and O–H groups in total. The number of hydrogen-bond donors (Lipinski definition) is 2. The van der Waals surface area contributed by atoms with Gasteiger partial charge in [-0.25, -0.2) is 16.8 Å². The summed E-state index contributed by atoms with van der Waals surface area (Å²) >= 11 is 0. The molecule has 1 aliphatic heterocycles. The maximum atomic E-state index is 13.1. The van der Waals surface area contributed by atoms with Crippen LogP contribution in [0.2, 0.25) is 0 Å². The van der Waals surface area contributed by atoms with Crippen molar-refractivity contribution in [3.05, 3.63) is 36.4 Å². The van der Waals surface area contributed by atoms with Crippen LogP contribution in [0.15, 0.2) is 46.2 Å². The molecule has 0 fully saturated rings. The molecule has 0 saturated heterocycles. The van der Waals surface area contributed by atoms with Crippen LogP contribution < -0.4 is 19.5 Å². The van der Waals surface area contributed by atoms with Gasteiger partial charge in [0, 0.05) is 13.1 Å². The minimum absolute atomic E-state index is 0.0186. The number of carbonyl (C=O) groups is 1. The SMILES string of the molecule is CCN(CC)S(=O)(=O)c1ccc(OC(C)C)c(NS(=O)(=O)c2ccc3c(c2)NC(=O)CO3)c1. The highest BCUT2D eigenvalue weighted by Crippen LogP contribution is 2.34. The van der Waals surface area contributed by atoms with Gasteiger partial charge in [0.05, 0.1) is 27.3 Å². The van der Waals surface area contributed by atoms with Gasteiger partial charge in [0.25, 0.3) is 15.9 Å². The van der Waals surface area contributed by atoms with Crippen LogP contribution in [0.5, 0.6) is 11.5 Å². The lowest BCUT2D eigenvalue weighted by atomic mass is 10.2. The fourth-order valence-corrected chi connectivity index (χ4v) is 5.82. The summed E-state index contributed by atoms with van der Waals surface area (Å²) in [4.78, 5) is 11.4. The van der Waals surface area contributed by atoms with Crippen molar-refractivity contribution in [3.63, 3.8) is 0 Å². The van der Waals surface area contributed by atoms with Crippen molar-refractivity contribution in [2.75, 3.05) is 29.7 Å². The number of rotatable bonds is 9. The minimum Gasteiger partial charge on any atom is -0.489 e. The smallest absolute Gasteiger partial charge is 0.262 e. The summed E-state index contributed by atoms with van der Waals surface area (Å²) in [6.07, 6.45) is -0.283. The van der Waals surface area contributed by atoms with E-state index in [9.17, 15) is 21.6 Å². The van der Waals surface area contributed by atoms with E-state index in [0.717, 1.165) is 0 Å². The summed E-state index contributed by atoms with van der Waals surface area (Å²) in [5, 5.41) is 2.56. The van der Waals surface area contributed by atoms with Crippen molar-refractivity contribution in [2.45, 2.75) is 43.6 Å². The van der Waals surface area contributed by atoms with Crippen LogP contribution in [0.25, 0.3) is 0 Å². The normalized spacial score (nSPS) is 13.9. The predicted molar refractivity (Wildman–Crippen MR) is 124 cm³/mol. The van der Waals surface area contributed by atoms with E-state index in [-0.39, 0.29) is 52.7 Å². The maximum Gasteiger partial charge on any atom is 0.262 e. The Bertz CT molecular complexity index is 1250. The molecule has 2 aromatic carbocycles. The van der Waals surface area contributed by atoms with Crippen LogP contribution in [0.1, 0.15) is 27.7 Å². The molecule has 0 radical (unpaired) electrons. The molecule has 2 aromatic rings. The van der Waals surface area contributed by atoms with Gasteiger partial charge in [-0.3, -0.25) is 9.52 Å². The average Bonchev–Trinajstić information content (AvgIpc) is 2.74. The molecular weight excluding hydrogens is 470 g/mol. The molecule has 180 valence electrons. The molecule has 10 nitrogen and oxygen atoms in total. The number of hydrogen-bond acceptors (Lipinski definition) is 7. The van der Waals surface area contributed by atoms with Gasteiger partial charge in [-0.05, 0) is 50.2 Å². The third kappa shape index (κ3) is 5.40. The fourth-order valence-electron chi connectivity index (χ4n) is 3.25.